The quantitative estimate of drug-likeness (QED) is 0.906. The molecule has 1 N–H and O–H groups in total. The zero-order chi connectivity index (χ0) is 13.8. The third kappa shape index (κ3) is 3.28. The van der Waals surface area contributed by atoms with Crippen molar-refractivity contribution in [3.05, 3.63) is 35.9 Å². The zero-order valence-corrected chi connectivity index (χ0v) is 12.1. The summed E-state index contributed by atoms with van der Waals surface area (Å²) in [6, 6.07) is 2.11. The molecule has 0 spiro atoms. The normalized spacial score (nSPS) is 20.4. The summed E-state index contributed by atoms with van der Waals surface area (Å²) >= 11 is 0. The Bertz CT molecular complexity index is 516. The summed E-state index contributed by atoms with van der Waals surface area (Å²) in [7, 11) is 1.98. The molecule has 1 unspecified atom stereocenters. The van der Waals surface area contributed by atoms with Crippen LogP contribution < -0.4 is 0 Å². The molecule has 20 heavy (non-hydrogen) atoms. The fourth-order valence-electron chi connectivity index (χ4n) is 3.11. The maximum atomic E-state index is 4.22. The molecule has 0 radical (unpaired) electrons. The Balaban J connectivity index is 1.46. The van der Waals surface area contributed by atoms with Gasteiger partial charge in [-0.05, 0) is 50.4 Å². The van der Waals surface area contributed by atoms with Crippen molar-refractivity contribution in [3.63, 3.8) is 0 Å². The topological polar surface area (TPSA) is 49.7 Å². The third-order valence-electron chi connectivity index (χ3n) is 4.17. The molecule has 0 aliphatic carbocycles. The lowest BCUT2D eigenvalue weighted by Crippen LogP contribution is -2.35. The number of aromatic amines is 1. The van der Waals surface area contributed by atoms with Crippen LogP contribution in [0.2, 0.25) is 0 Å². The minimum Gasteiger partial charge on any atom is -0.303 e. The molecule has 0 bridgehead atoms. The van der Waals surface area contributed by atoms with Gasteiger partial charge in [-0.15, -0.1) is 0 Å². The number of aryl methyl sites for hydroxylation is 2. The second-order valence-corrected chi connectivity index (χ2v) is 5.78. The first-order valence-corrected chi connectivity index (χ1v) is 7.50. The van der Waals surface area contributed by atoms with Crippen molar-refractivity contribution in [3.8, 4) is 0 Å². The number of nitrogens with zero attached hydrogens (tertiary/aromatic N) is 4. The highest BCUT2D eigenvalue weighted by atomic mass is 15.2. The molecule has 108 valence electrons. The van der Waals surface area contributed by atoms with Gasteiger partial charge in [0.2, 0.25) is 0 Å². The van der Waals surface area contributed by atoms with Crippen molar-refractivity contribution in [2.24, 2.45) is 7.05 Å². The Hall–Kier alpha value is -1.62. The summed E-state index contributed by atoms with van der Waals surface area (Å²) in [6.07, 6.45) is 10.8. The summed E-state index contributed by atoms with van der Waals surface area (Å²) in [5.41, 5.74) is 2.64. The second-order valence-electron chi connectivity index (χ2n) is 5.78. The number of hydrogen-bond donors (Lipinski definition) is 1. The van der Waals surface area contributed by atoms with Crippen molar-refractivity contribution >= 4 is 0 Å². The lowest BCUT2D eigenvalue weighted by atomic mass is 9.95. The predicted octanol–water partition coefficient (Wildman–Crippen LogP) is 1.96. The van der Waals surface area contributed by atoms with Crippen LogP contribution in [0.4, 0.5) is 0 Å². The van der Waals surface area contributed by atoms with Gasteiger partial charge < -0.3 is 4.90 Å². The predicted molar refractivity (Wildman–Crippen MR) is 78.5 cm³/mol. The van der Waals surface area contributed by atoms with Gasteiger partial charge in [-0.25, -0.2) is 0 Å². The maximum Gasteiger partial charge on any atom is 0.0521 e. The summed E-state index contributed by atoms with van der Waals surface area (Å²) in [4.78, 5) is 2.59. The highest BCUT2D eigenvalue weighted by Gasteiger charge is 2.21. The Morgan fingerprint density at radius 2 is 2.40 bits per heavy atom. The molecule has 2 aromatic rings. The summed E-state index contributed by atoms with van der Waals surface area (Å²) in [5.74, 6) is 0.629. The van der Waals surface area contributed by atoms with E-state index in [-0.39, 0.29) is 0 Å². The van der Waals surface area contributed by atoms with Gasteiger partial charge in [0.1, 0.15) is 0 Å². The monoisotopic (exact) mass is 273 g/mol. The minimum absolute atomic E-state index is 0.629. The number of hydrogen-bond acceptors (Lipinski definition) is 3. The van der Waals surface area contributed by atoms with Crippen molar-refractivity contribution in [1.29, 1.82) is 0 Å². The van der Waals surface area contributed by atoms with Crippen LogP contribution in [0.5, 0.6) is 0 Å². The first-order chi connectivity index (χ1) is 9.81. The van der Waals surface area contributed by atoms with E-state index in [1.165, 1.54) is 43.6 Å². The van der Waals surface area contributed by atoms with Gasteiger partial charge in [0.05, 0.1) is 6.20 Å². The maximum absolute atomic E-state index is 4.22. The number of aromatic nitrogens is 4. The molecule has 3 rings (SSSR count). The Kier molecular flexibility index (Phi) is 4.16. The van der Waals surface area contributed by atoms with E-state index in [4.69, 9.17) is 0 Å². The molecule has 3 heterocycles. The average molecular weight is 273 g/mol. The van der Waals surface area contributed by atoms with Crippen molar-refractivity contribution in [1.82, 2.24) is 24.9 Å². The van der Waals surface area contributed by atoms with Crippen LogP contribution in [0.25, 0.3) is 0 Å². The van der Waals surface area contributed by atoms with E-state index in [9.17, 15) is 0 Å². The van der Waals surface area contributed by atoms with E-state index in [1.54, 1.807) is 0 Å². The fourth-order valence-corrected chi connectivity index (χ4v) is 3.11. The van der Waals surface area contributed by atoms with E-state index in [0.717, 1.165) is 13.0 Å². The molecular formula is C15H23N5. The Labute approximate surface area is 120 Å². The van der Waals surface area contributed by atoms with E-state index in [2.05, 4.69) is 32.5 Å². The molecular weight excluding hydrogens is 250 g/mol. The summed E-state index contributed by atoms with van der Waals surface area (Å²) in [5, 5.41) is 11.4. The van der Waals surface area contributed by atoms with Crippen LogP contribution in [0.15, 0.2) is 24.7 Å². The lowest BCUT2D eigenvalue weighted by Gasteiger charge is -2.32. The van der Waals surface area contributed by atoms with Crippen molar-refractivity contribution < 1.29 is 0 Å². The van der Waals surface area contributed by atoms with Gasteiger partial charge in [0.25, 0.3) is 0 Å². The van der Waals surface area contributed by atoms with Gasteiger partial charge in [0.15, 0.2) is 0 Å². The van der Waals surface area contributed by atoms with Crippen LogP contribution in [-0.4, -0.2) is 44.5 Å². The average Bonchev–Trinajstić information content (AvgIpc) is 3.11. The number of H-pyrrole nitrogens is 1. The third-order valence-corrected chi connectivity index (χ3v) is 4.17. The number of likely N-dealkylation sites (tertiary alicyclic amines) is 1. The zero-order valence-electron chi connectivity index (χ0n) is 12.1. The molecule has 1 saturated heterocycles. The first kappa shape index (κ1) is 13.4. The van der Waals surface area contributed by atoms with Crippen molar-refractivity contribution in [2.75, 3.05) is 19.6 Å². The fraction of sp³-hybridized carbons (Fsp3) is 0.600. The van der Waals surface area contributed by atoms with E-state index in [1.807, 2.05) is 24.1 Å². The van der Waals surface area contributed by atoms with Gasteiger partial charge in [-0.1, -0.05) is 0 Å². The molecule has 5 heteroatoms. The van der Waals surface area contributed by atoms with Crippen LogP contribution >= 0.6 is 0 Å². The van der Waals surface area contributed by atoms with Crippen LogP contribution in [-0.2, 0) is 13.5 Å². The highest BCUT2D eigenvalue weighted by Crippen LogP contribution is 2.25. The van der Waals surface area contributed by atoms with E-state index < -0.39 is 0 Å². The Morgan fingerprint density at radius 3 is 3.15 bits per heavy atom. The summed E-state index contributed by atoms with van der Waals surface area (Å²) in [6.45, 7) is 3.58. The highest BCUT2D eigenvalue weighted by molar-refractivity contribution is 5.07. The summed E-state index contributed by atoms with van der Waals surface area (Å²) < 4.78 is 1.88. The number of piperidine rings is 1. The van der Waals surface area contributed by atoms with Crippen LogP contribution in [0.3, 0.4) is 0 Å². The SMILES string of the molecule is Cn1cc(CCCN2CCCC(c3ccn[nH]3)C2)cn1. The standard InChI is InChI=1S/C15H23N5/c1-19-11-13(10-17-19)4-2-8-20-9-3-5-14(12-20)15-6-7-16-18-15/h6-7,10-11,14H,2-5,8-9,12H2,1H3,(H,16,18). The number of rotatable bonds is 5. The van der Waals surface area contributed by atoms with Crippen LogP contribution in [0.1, 0.15) is 36.4 Å². The molecule has 1 aliphatic heterocycles. The van der Waals surface area contributed by atoms with Gasteiger partial charge in [-0.2, -0.15) is 10.2 Å². The van der Waals surface area contributed by atoms with Gasteiger partial charge in [-0.3, -0.25) is 9.78 Å². The molecule has 0 amide bonds. The molecule has 0 aromatic carbocycles. The second kappa shape index (κ2) is 6.22. The van der Waals surface area contributed by atoms with Crippen LogP contribution in [0, 0.1) is 0 Å². The van der Waals surface area contributed by atoms with E-state index >= 15 is 0 Å². The van der Waals surface area contributed by atoms with Gasteiger partial charge >= 0.3 is 0 Å². The number of nitrogens with one attached hydrogen (secondary N) is 1. The molecule has 1 aliphatic rings. The smallest absolute Gasteiger partial charge is 0.0521 e. The molecule has 5 nitrogen and oxygen atoms in total. The van der Waals surface area contributed by atoms with Crippen molar-refractivity contribution in [2.45, 2.75) is 31.6 Å². The minimum atomic E-state index is 0.629. The first-order valence-electron chi connectivity index (χ1n) is 7.50. The largest absolute Gasteiger partial charge is 0.303 e. The van der Waals surface area contributed by atoms with E-state index in [0.29, 0.717) is 5.92 Å². The lowest BCUT2D eigenvalue weighted by molar-refractivity contribution is 0.204. The molecule has 2 aromatic heterocycles. The Morgan fingerprint density at radius 1 is 1.45 bits per heavy atom. The molecule has 1 fully saturated rings. The molecule has 0 saturated carbocycles. The molecule has 1 atom stereocenters. The van der Waals surface area contributed by atoms with Gasteiger partial charge in [0, 0.05) is 37.6 Å².